The molecule has 0 aliphatic rings. The van der Waals surface area contributed by atoms with E-state index in [0.717, 1.165) is 0 Å². The van der Waals surface area contributed by atoms with Crippen LogP contribution < -0.4 is 9.46 Å². The molecule has 3 aromatic rings. The quantitative estimate of drug-likeness (QED) is 0.637. The van der Waals surface area contributed by atoms with Crippen molar-refractivity contribution in [3.05, 3.63) is 70.1 Å². The maximum absolute atomic E-state index is 13.9. The summed E-state index contributed by atoms with van der Waals surface area (Å²) in [4.78, 5) is 0.0195. The Morgan fingerprint density at radius 2 is 1.85 bits per heavy atom. The molecule has 27 heavy (non-hydrogen) atoms. The van der Waals surface area contributed by atoms with E-state index in [0.29, 0.717) is 5.75 Å². The minimum Gasteiger partial charge on any atom is -0.497 e. The average molecular weight is 430 g/mol. The summed E-state index contributed by atoms with van der Waals surface area (Å²) < 4.78 is 47.5. The molecule has 1 aromatic heterocycles. The van der Waals surface area contributed by atoms with Gasteiger partial charge in [0.2, 0.25) is 0 Å². The van der Waals surface area contributed by atoms with Crippen molar-refractivity contribution in [1.82, 2.24) is 9.78 Å². The van der Waals surface area contributed by atoms with Crippen LogP contribution in [0.25, 0.3) is 0 Å². The van der Waals surface area contributed by atoms with Gasteiger partial charge in [0.25, 0.3) is 10.0 Å². The predicted molar refractivity (Wildman–Crippen MR) is 102 cm³/mol. The van der Waals surface area contributed by atoms with Gasteiger partial charge in [-0.25, -0.2) is 12.8 Å². The molecule has 3 rings (SSSR count). The summed E-state index contributed by atoms with van der Waals surface area (Å²) >= 11 is 12.1. The van der Waals surface area contributed by atoms with Crippen LogP contribution in [0.15, 0.2) is 53.6 Å². The highest BCUT2D eigenvalue weighted by molar-refractivity contribution is 7.92. The van der Waals surface area contributed by atoms with Crippen LogP contribution in [0.4, 0.5) is 10.2 Å². The van der Waals surface area contributed by atoms with Crippen LogP contribution in [0, 0.1) is 5.82 Å². The van der Waals surface area contributed by atoms with Crippen molar-refractivity contribution >= 4 is 39.0 Å². The molecule has 6 nitrogen and oxygen atoms in total. The lowest BCUT2D eigenvalue weighted by Crippen LogP contribution is -2.14. The normalized spacial score (nSPS) is 11.4. The van der Waals surface area contributed by atoms with Crippen molar-refractivity contribution in [2.45, 2.75) is 11.4 Å². The van der Waals surface area contributed by atoms with E-state index >= 15 is 0 Å². The van der Waals surface area contributed by atoms with Gasteiger partial charge < -0.3 is 4.74 Å². The summed E-state index contributed by atoms with van der Waals surface area (Å²) in [5, 5.41) is 4.38. The number of methoxy groups -OCH3 is 1. The van der Waals surface area contributed by atoms with Crippen LogP contribution in [-0.4, -0.2) is 25.3 Å². The van der Waals surface area contributed by atoms with Gasteiger partial charge in [0.05, 0.1) is 18.6 Å². The van der Waals surface area contributed by atoms with Gasteiger partial charge >= 0.3 is 0 Å². The van der Waals surface area contributed by atoms with E-state index in [1.165, 1.54) is 54.4 Å². The molecular weight excluding hydrogens is 416 g/mol. The molecule has 0 fully saturated rings. The number of rotatable bonds is 6. The third-order valence-electron chi connectivity index (χ3n) is 3.70. The molecule has 0 radical (unpaired) electrons. The number of nitrogens with zero attached hydrogens (tertiary/aromatic N) is 2. The Balaban J connectivity index is 1.84. The fourth-order valence-corrected chi connectivity index (χ4v) is 3.83. The van der Waals surface area contributed by atoms with Crippen molar-refractivity contribution in [1.29, 1.82) is 0 Å². The first-order chi connectivity index (χ1) is 12.8. The number of hydrogen-bond acceptors (Lipinski definition) is 4. The molecule has 2 aromatic carbocycles. The van der Waals surface area contributed by atoms with Crippen LogP contribution in [0.5, 0.6) is 5.75 Å². The summed E-state index contributed by atoms with van der Waals surface area (Å²) in [6, 6.07) is 10.2. The number of nitrogens with one attached hydrogen (secondary N) is 1. The van der Waals surface area contributed by atoms with E-state index in [1.54, 1.807) is 6.07 Å². The van der Waals surface area contributed by atoms with E-state index in [1.807, 2.05) is 0 Å². The number of anilines is 1. The predicted octanol–water partition coefficient (Wildman–Crippen LogP) is 4.19. The van der Waals surface area contributed by atoms with Crippen LogP contribution in [0.1, 0.15) is 5.56 Å². The highest BCUT2D eigenvalue weighted by Crippen LogP contribution is 2.26. The SMILES string of the molecule is COc1ccc(S(=O)(=O)Nc2nn(Cc3c(F)cccc3Cl)cc2Cl)cc1. The second-order valence-corrected chi connectivity index (χ2v) is 8.00. The van der Waals surface area contributed by atoms with Gasteiger partial charge in [-0.1, -0.05) is 29.3 Å². The molecule has 0 unspecified atom stereocenters. The lowest BCUT2D eigenvalue weighted by molar-refractivity contribution is 0.414. The molecular formula is C17H14Cl2FN3O3S. The second-order valence-electron chi connectivity index (χ2n) is 5.50. The molecule has 0 saturated heterocycles. The molecule has 142 valence electrons. The van der Waals surface area contributed by atoms with Gasteiger partial charge in [-0.2, -0.15) is 5.10 Å². The average Bonchev–Trinajstić information content (AvgIpc) is 2.97. The van der Waals surface area contributed by atoms with E-state index in [2.05, 4.69) is 9.82 Å². The fourth-order valence-electron chi connectivity index (χ4n) is 2.33. The fraction of sp³-hybridized carbons (Fsp3) is 0.118. The minimum atomic E-state index is -3.90. The minimum absolute atomic E-state index is 0.00447. The second kappa shape index (κ2) is 7.75. The largest absolute Gasteiger partial charge is 0.497 e. The first-order valence-electron chi connectivity index (χ1n) is 7.63. The monoisotopic (exact) mass is 429 g/mol. The zero-order valence-electron chi connectivity index (χ0n) is 14.0. The molecule has 0 atom stereocenters. The van der Waals surface area contributed by atoms with E-state index in [4.69, 9.17) is 27.9 Å². The van der Waals surface area contributed by atoms with Gasteiger partial charge in [0.1, 0.15) is 16.6 Å². The Morgan fingerprint density at radius 3 is 2.48 bits per heavy atom. The molecule has 0 spiro atoms. The standard InChI is InChI=1S/C17H14Cl2FN3O3S/c1-26-11-5-7-12(8-6-11)27(24,25)22-17-15(19)10-23(21-17)9-13-14(18)3-2-4-16(13)20/h2-8,10H,9H2,1H3,(H,21,22). The first kappa shape index (κ1) is 19.5. The summed E-state index contributed by atoms with van der Waals surface area (Å²) in [5.74, 6) is -0.0348. The Bertz CT molecular complexity index is 1050. The summed E-state index contributed by atoms with van der Waals surface area (Å²) in [5.41, 5.74) is 0.225. The zero-order valence-corrected chi connectivity index (χ0v) is 16.3. The van der Waals surface area contributed by atoms with Crippen LogP contribution in [0.3, 0.4) is 0 Å². The number of hydrogen-bond donors (Lipinski definition) is 1. The van der Waals surface area contributed by atoms with Gasteiger partial charge in [0.15, 0.2) is 5.82 Å². The third-order valence-corrected chi connectivity index (χ3v) is 5.69. The van der Waals surface area contributed by atoms with E-state index in [9.17, 15) is 12.8 Å². The van der Waals surface area contributed by atoms with Gasteiger partial charge in [-0.05, 0) is 36.4 Å². The number of halogens is 3. The van der Waals surface area contributed by atoms with Gasteiger partial charge in [-0.3, -0.25) is 9.40 Å². The molecule has 0 amide bonds. The summed E-state index contributed by atoms with van der Waals surface area (Å²) in [6.45, 7) is -0.00447. The van der Waals surface area contributed by atoms with E-state index in [-0.39, 0.29) is 32.9 Å². The highest BCUT2D eigenvalue weighted by atomic mass is 35.5. The Labute approximate surface area is 165 Å². The van der Waals surface area contributed by atoms with Crippen LogP contribution in [-0.2, 0) is 16.6 Å². The molecule has 0 saturated carbocycles. The Kier molecular flexibility index (Phi) is 5.59. The molecule has 0 aliphatic carbocycles. The number of sulfonamides is 1. The number of ether oxygens (including phenoxy) is 1. The highest BCUT2D eigenvalue weighted by Gasteiger charge is 2.19. The smallest absolute Gasteiger partial charge is 0.263 e. The topological polar surface area (TPSA) is 73.2 Å². The molecule has 1 N–H and O–H groups in total. The van der Waals surface area contributed by atoms with E-state index < -0.39 is 15.8 Å². The molecule has 10 heteroatoms. The van der Waals surface area contributed by atoms with Gasteiger partial charge in [-0.15, -0.1) is 0 Å². The van der Waals surface area contributed by atoms with Crippen molar-refractivity contribution in [2.75, 3.05) is 11.8 Å². The zero-order chi connectivity index (χ0) is 19.6. The number of benzene rings is 2. The molecule has 0 bridgehead atoms. The molecule has 1 heterocycles. The Morgan fingerprint density at radius 1 is 1.15 bits per heavy atom. The van der Waals surface area contributed by atoms with Gasteiger partial charge in [0, 0.05) is 16.8 Å². The summed E-state index contributed by atoms with van der Waals surface area (Å²) in [7, 11) is -2.42. The molecule has 0 aliphatic heterocycles. The summed E-state index contributed by atoms with van der Waals surface area (Å²) in [6.07, 6.45) is 1.39. The lowest BCUT2D eigenvalue weighted by atomic mass is 10.2. The maximum Gasteiger partial charge on any atom is 0.263 e. The van der Waals surface area contributed by atoms with Crippen molar-refractivity contribution in [3.8, 4) is 5.75 Å². The van der Waals surface area contributed by atoms with Crippen molar-refractivity contribution in [3.63, 3.8) is 0 Å². The van der Waals surface area contributed by atoms with Crippen molar-refractivity contribution < 1.29 is 17.5 Å². The van der Waals surface area contributed by atoms with Crippen LogP contribution >= 0.6 is 23.2 Å². The number of aromatic nitrogens is 2. The lowest BCUT2D eigenvalue weighted by Gasteiger charge is -2.07. The maximum atomic E-state index is 13.9. The first-order valence-corrected chi connectivity index (χ1v) is 9.87. The third kappa shape index (κ3) is 4.35. The van der Waals surface area contributed by atoms with Crippen LogP contribution in [0.2, 0.25) is 10.0 Å². The Hall–Kier alpha value is -2.29. The van der Waals surface area contributed by atoms with Crippen molar-refractivity contribution in [2.24, 2.45) is 0 Å².